The van der Waals surface area contributed by atoms with Crippen LogP contribution >= 0.6 is 11.3 Å². The molecule has 4 aromatic rings. The third kappa shape index (κ3) is 4.76. The van der Waals surface area contributed by atoms with Crippen molar-refractivity contribution in [1.29, 1.82) is 0 Å². The van der Waals surface area contributed by atoms with Crippen molar-refractivity contribution in [2.45, 2.75) is 31.5 Å². The molecule has 0 unspecified atom stereocenters. The Bertz CT molecular complexity index is 1290. The maximum absolute atomic E-state index is 13.6. The number of esters is 1. The van der Waals surface area contributed by atoms with Crippen molar-refractivity contribution in [2.24, 2.45) is 5.92 Å². The van der Waals surface area contributed by atoms with Gasteiger partial charge in [-0.15, -0.1) is 11.3 Å². The molecular formula is C27H28N5O3S+. The maximum Gasteiger partial charge on any atom is 0.333 e. The van der Waals surface area contributed by atoms with Gasteiger partial charge in [-0.2, -0.15) is 4.98 Å². The number of carbonyl (C=O) groups is 1. The summed E-state index contributed by atoms with van der Waals surface area (Å²) in [5, 5.41) is 10.2. The molecule has 2 atom stereocenters. The van der Waals surface area contributed by atoms with Crippen LogP contribution in [0, 0.1) is 5.92 Å². The highest BCUT2D eigenvalue weighted by atomic mass is 32.1. The van der Waals surface area contributed by atoms with Crippen LogP contribution in [0.5, 0.6) is 0 Å². The number of aromatic nitrogens is 3. The number of carbonyl (C=O) groups excluding carboxylic acids is 1. The molecule has 9 heteroatoms. The Morgan fingerprint density at radius 3 is 2.58 bits per heavy atom. The second-order valence-corrected chi connectivity index (χ2v) is 10.5. The molecule has 36 heavy (non-hydrogen) atoms. The molecule has 2 aromatic carbocycles. The number of anilines is 1. The van der Waals surface area contributed by atoms with Crippen LogP contribution in [0.1, 0.15) is 30.3 Å². The summed E-state index contributed by atoms with van der Waals surface area (Å²) >= 11 is 1.48. The highest BCUT2D eigenvalue weighted by molar-refractivity contribution is 7.12. The Balaban J connectivity index is 1.17. The highest BCUT2D eigenvalue weighted by Crippen LogP contribution is 2.38. The van der Waals surface area contributed by atoms with Crippen LogP contribution in [0.25, 0.3) is 10.9 Å². The van der Waals surface area contributed by atoms with E-state index in [0.29, 0.717) is 24.2 Å². The summed E-state index contributed by atoms with van der Waals surface area (Å²) in [6.07, 6.45) is 3.65. The molecule has 5 heterocycles. The number of hydrogen-bond acceptors (Lipinski definition) is 8. The third-order valence-electron chi connectivity index (χ3n) is 7.32. The number of fused-ring (bicyclic) bond motifs is 3. The van der Waals surface area contributed by atoms with Crippen molar-refractivity contribution in [3.05, 3.63) is 83.6 Å². The van der Waals surface area contributed by atoms with Crippen molar-refractivity contribution < 1.29 is 18.5 Å². The summed E-state index contributed by atoms with van der Waals surface area (Å²) in [6, 6.07) is 19.0. The van der Waals surface area contributed by atoms with Crippen LogP contribution in [-0.2, 0) is 16.1 Å². The van der Waals surface area contributed by atoms with Crippen molar-refractivity contribution in [1.82, 2.24) is 15.1 Å². The first-order chi connectivity index (χ1) is 17.7. The van der Waals surface area contributed by atoms with Crippen LogP contribution in [0.3, 0.4) is 0 Å². The molecule has 184 valence electrons. The number of hydrogen-bond donors (Lipinski definition) is 1. The lowest BCUT2D eigenvalue weighted by Crippen LogP contribution is -2.64. The molecule has 0 amide bonds. The fraction of sp³-hybridized carbons (Fsp3) is 0.333. The largest absolute Gasteiger partial charge is 0.454 e. The van der Waals surface area contributed by atoms with E-state index in [2.05, 4.69) is 20.4 Å². The van der Waals surface area contributed by atoms with Gasteiger partial charge in [0.05, 0.1) is 13.1 Å². The Morgan fingerprint density at radius 1 is 1.11 bits per heavy atom. The van der Waals surface area contributed by atoms with E-state index in [1.54, 1.807) is 6.20 Å². The SMILES string of the molecule is O=C(O[C@H]1C[N+]2(Cc3noc(-c4nccs4)n3)CCC1CC2)[C@H](Nc1ccccc1)c1ccccc1. The lowest BCUT2D eigenvalue weighted by Gasteiger charge is -2.51. The van der Waals surface area contributed by atoms with Crippen LogP contribution in [0.15, 0.2) is 76.8 Å². The minimum atomic E-state index is -0.574. The molecule has 7 rings (SSSR count). The van der Waals surface area contributed by atoms with Gasteiger partial charge in [-0.05, 0) is 17.7 Å². The van der Waals surface area contributed by atoms with Gasteiger partial charge in [0.1, 0.15) is 13.1 Å². The second-order valence-electron chi connectivity index (χ2n) is 9.65. The van der Waals surface area contributed by atoms with E-state index in [4.69, 9.17) is 9.26 Å². The van der Waals surface area contributed by atoms with Gasteiger partial charge in [0.15, 0.2) is 17.2 Å². The van der Waals surface area contributed by atoms with Gasteiger partial charge in [0.2, 0.25) is 5.82 Å². The Labute approximate surface area is 213 Å². The van der Waals surface area contributed by atoms with Crippen LogP contribution in [0.2, 0.25) is 0 Å². The van der Waals surface area contributed by atoms with E-state index >= 15 is 0 Å². The molecule has 8 nitrogen and oxygen atoms in total. The number of para-hydroxylation sites is 1. The summed E-state index contributed by atoms with van der Waals surface area (Å²) in [6.45, 7) is 3.50. The minimum absolute atomic E-state index is 0.130. The molecule has 1 N–H and O–H groups in total. The number of benzene rings is 2. The average Bonchev–Trinajstić information content (AvgIpc) is 3.61. The molecule has 3 aliphatic rings. The molecule has 3 saturated heterocycles. The first-order valence-electron chi connectivity index (χ1n) is 12.3. The predicted octanol–water partition coefficient (Wildman–Crippen LogP) is 4.70. The quantitative estimate of drug-likeness (QED) is 0.276. The van der Waals surface area contributed by atoms with Gasteiger partial charge in [-0.3, -0.25) is 0 Å². The van der Waals surface area contributed by atoms with Crippen LogP contribution in [-0.4, -0.2) is 51.3 Å². The smallest absolute Gasteiger partial charge is 0.333 e. The summed E-state index contributed by atoms with van der Waals surface area (Å²) < 4.78 is 12.5. The van der Waals surface area contributed by atoms with Gasteiger partial charge in [0.25, 0.3) is 5.89 Å². The summed E-state index contributed by atoms with van der Waals surface area (Å²) in [7, 11) is 0. The van der Waals surface area contributed by atoms with E-state index in [1.807, 2.05) is 66.0 Å². The summed E-state index contributed by atoms with van der Waals surface area (Å²) in [4.78, 5) is 22.4. The average molecular weight is 503 g/mol. The lowest BCUT2D eigenvalue weighted by molar-refractivity contribution is -0.958. The number of nitrogens with one attached hydrogen (secondary N) is 1. The van der Waals surface area contributed by atoms with Crippen molar-refractivity contribution in [2.75, 3.05) is 25.0 Å². The number of thiazole rings is 1. The second kappa shape index (κ2) is 9.83. The van der Waals surface area contributed by atoms with Gasteiger partial charge in [-0.1, -0.05) is 53.7 Å². The molecule has 0 spiro atoms. The molecule has 2 aromatic heterocycles. The first-order valence-corrected chi connectivity index (χ1v) is 13.2. The van der Waals surface area contributed by atoms with Crippen molar-refractivity contribution in [3.63, 3.8) is 0 Å². The van der Waals surface area contributed by atoms with Crippen LogP contribution in [0.4, 0.5) is 5.69 Å². The predicted molar refractivity (Wildman–Crippen MR) is 136 cm³/mol. The molecular weight excluding hydrogens is 474 g/mol. The van der Waals surface area contributed by atoms with Gasteiger partial charge >= 0.3 is 5.97 Å². The Kier molecular flexibility index (Phi) is 6.25. The van der Waals surface area contributed by atoms with Gasteiger partial charge < -0.3 is 19.1 Å². The van der Waals surface area contributed by atoms with Crippen molar-refractivity contribution in [3.8, 4) is 10.9 Å². The maximum atomic E-state index is 13.6. The zero-order valence-corrected chi connectivity index (χ0v) is 20.6. The number of nitrogens with zero attached hydrogens (tertiary/aromatic N) is 4. The molecule has 2 bridgehead atoms. The number of quaternary nitrogens is 1. The highest BCUT2D eigenvalue weighted by Gasteiger charge is 2.48. The normalized spacial score (nSPS) is 23.8. The van der Waals surface area contributed by atoms with Gasteiger partial charge in [-0.25, -0.2) is 9.78 Å². The summed E-state index contributed by atoms with van der Waals surface area (Å²) in [5.74, 6) is 1.29. The van der Waals surface area contributed by atoms with Crippen molar-refractivity contribution >= 4 is 23.0 Å². The van der Waals surface area contributed by atoms with E-state index < -0.39 is 6.04 Å². The molecule has 0 aliphatic carbocycles. The molecule has 3 fully saturated rings. The van der Waals surface area contributed by atoms with E-state index in [-0.39, 0.29) is 12.1 Å². The van der Waals surface area contributed by atoms with E-state index in [0.717, 1.165) is 53.2 Å². The van der Waals surface area contributed by atoms with Gasteiger partial charge in [0, 0.05) is 36.0 Å². The zero-order chi connectivity index (χ0) is 24.4. The standard InChI is InChI=1S/C27H28N5O3S/c33-27(24(20-7-3-1-4-8-20)29-21-9-5-2-6-10-21)34-22-17-32(14-11-19(22)12-15-32)18-23-30-25(35-31-23)26-28-13-16-36-26/h1-10,13,16,19,22,24,29H,11-12,14-15,17-18H2/q+1/t19?,22-,24+,32?/m0/s1. The lowest BCUT2D eigenvalue weighted by atomic mass is 9.83. The summed E-state index contributed by atoms with van der Waals surface area (Å²) in [5.41, 5.74) is 1.77. The van der Waals surface area contributed by atoms with E-state index in [9.17, 15) is 4.79 Å². The number of rotatable bonds is 8. The van der Waals surface area contributed by atoms with E-state index in [1.165, 1.54) is 11.3 Å². The fourth-order valence-electron chi connectivity index (χ4n) is 5.45. The van der Waals surface area contributed by atoms with Crippen LogP contribution < -0.4 is 5.32 Å². The minimum Gasteiger partial charge on any atom is -0.454 e. The Morgan fingerprint density at radius 2 is 1.86 bits per heavy atom. The number of ether oxygens (including phenoxy) is 1. The third-order valence-corrected chi connectivity index (χ3v) is 8.08. The number of piperidine rings is 3. The fourth-order valence-corrected chi connectivity index (χ4v) is 6.01. The Hall–Kier alpha value is -3.56. The zero-order valence-electron chi connectivity index (χ0n) is 19.8. The molecule has 0 saturated carbocycles. The monoisotopic (exact) mass is 502 g/mol. The topological polar surface area (TPSA) is 90.1 Å². The first kappa shape index (κ1) is 22.9. The molecule has 3 aliphatic heterocycles. The molecule has 0 radical (unpaired) electrons.